The third-order valence-electron chi connectivity index (χ3n) is 3.56. The lowest BCUT2D eigenvalue weighted by molar-refractivity contribution is -0.120. The third kappa shape index (κ3) is 2.89. The van der Waals surface area contributed by atoms with Crippen LogP contribution in [0.2, 0.25) is 0 Å². The van der Waals surface area contributed by atoms with Crippen molar-refractivity contribution >= 4 is 23.2 Å². The van der Waals surface area contributed by atoms with Crippen LogP contribution in [0.15, 0.2) is 30.6 Å². The minimum absolute atomic E-state index is 0.0129. The smallest absolute Gasteiger partial charge is 0.252 e. The second kappa shape index (κ2) is 5.88. The summed E-state index contributed by atoms with van der Waals surface area (Å²) in [5.41, 5.74) is 1.25. The number of amides is 2. The van der Waals surface area contributed by atoms with Crippen LogP contribution in [0.4, 0.5) is 11.4 Å². The molecule has 0 saturated heterocycles. The summed E-state index contributed by atoms with van der Waals surface area (Å²) in [5, 5.41) is 15.4. The van der Waals surface area contributed by atoms with Gasteiger partial charge in [0.1, 0.15) is 18.9 Å². The first-order valence-electron chi connectivity index (χ1n) is 7.09. The second-order valence-corrected chi connectivity index (χ2v) is 5.26. The van der Waals surface area contributed by atoms with Crippen molar-refractivity contribution in [2.45, 2.75) is 25.9 Å². The Hall–Kier alpha value is -3.21. The fraction of sp³-hybridized carbons (Fsp3) is 0.267. The van der Waals surface area contributed by atoms with Crippen LogP contribution in [0.5, 0.6) is 0 Å². The van der Waals surface area contributed by atoms with E-state index in [-0.39, 0.29) is 36.6 Å². The number of hydrogen-bond acceptors (Lipinski definition) is 5. The molecule has 116 valence electrons. The average Bonchev–Trinajstić information content (AvgIpc) is 2.91. The zero-order chi connectivity index (χ0) is 16.4. The van der Waals surface area contributed by atoms with Gasteiger partial charge >= 0.3 is 0 Å². The molecule has 0 unspecified atom stereocenters. The van der Waals surface area contributed by atoms with E-state index in [2.05, 4.69) is 15.4 Å². The summed E-state index contributed by atoms with van der Waals surface area (Å²) in [5.74, 6) is -0.345. The van der Waals surface area contributed by atoms with Crippen molar-refractivity contribution < 1.29 is 9.59 Å². The first-order valence-corrected chi connectivity index (χ1v) is 7.09. The number of benzene rings is 1. The van der Waals surface area contributed by atoms with Gasteiger partial charge in [-0.3, -0.25) is 9.59 Å². The Balaban J connectivity index is 1.91. The average molecular weight is 310 g/mol. The number of para-hydroxylation sites is 2. The number of nitrogens with one attached hydrogen (secondary N) is 1. The lowest BCUT2D eigenvalue weighted by atomic mass is 10.1. The quantitative estimate of drug-likeness (QED) is 0.888. The molecule has 0 spiro atoms. The first-order chi connectivity index (χ1) is 11.1. The minimum Gasteiger partial charge on any atom is -0.324 e. The molecule has 23 heavy (non-hydrogen) atoms. The zero-order valence-electron chi connectivity index (χ0n) is 12.4. The molecule has 1 aromatic heterocycles. The van der Waals surface area contributed by atoms with Crippen molar-refractivity contribution in [1.82, 2.24) is 14.8 Å². The lowest BCUT2D eigenvalue weighted by Gasteiger charge is -2.27. The summed E-state index contributed by atoms with van der Waals surface area (Å²) in [6.45, 7) is 1.77. The molecule has 1 aliphatic rings. The minimum atomic E-state index is -0.287. The highest BCUT2D eigenvalue weighted by Crippen LogP contribution is 2.31. The topological polar surface area (TPSA) is 104 Å². The van der Waals surface area contributed by atoms with Gasteiger partial charge in [0.05, 0.1) is 11.4 Å². The SMILES string of the molecule is C[C@H]1CC(=O)Nc2ccccc2N1C(=O)Cn1cnc(C#N)n1. The summed E-state index contributed by atoms with van der Waals surface area (Å²) in [7, 11) is 0. The predicted octanol–water partition coefficient (Wildman–Crippen LogP) is 0.914. The van der Waals surface area contributed by atoms with E-state index in [0.717, 1.165) is 0 Å². The molecule has 2 aromatic rings. The Kier molecular flexibility index (Phi) is 3.76. The number of nitriles is 1. The van der Waals surface area contributed by atoms with Gasteiger partial charge in [0.2, 0.25) is 11.8 Å². The van der Waals surface area contributed by atoms with E-state index in [0.29, 0.717) is 11.4 Å². The highest BCUT2D eigenvalue weighted by molar-refractivity contribution is 6.04. The van der Waals surface area contributed by atoms with Crippen LogP contribution in [0, 0.1) is 11.3 Å². The molecule has 0 radical (unpaired) electrons. The Bertz CT molecular complexity index is 806. The van der Waals surface area contributed by atoms with Gasteiger partial charge < -0.3 is 10.2 Å². The van der Waals surface area contributed by atoms with E-state index < -0.39 is 0 Å². The Morgan fingerprint density at radius 3 is 3.00 bits per heavy atom. The van der Waals surface area contributed by atoms with Gasteiger partial charge in [-0.2, -0.15) is 5.26 Å². The predicted molar refractivity (Wildman–Crippen MR) is 81.4 cm³/mol. The number of carbonyl (C=O) groups excluding carboxylic acids is 2. The summed E-state index contributed by atoms with van der Waals surface area (Å²) >= 11 is 0. The number of hydrogen-bond donors (Lipinski definition) is 1. The number of nitrogens with zero attached hydrogens (tertiary/aromatic N) is 5. The first kappa shape index (κ1) is 14.7. The van der Waals surface area contributed by atoms with Crippen molar-refractivity contribution in [1.29, 1.82) is 5.26 Å². The van der Waals surface area contributed by atoms with Crippen molar-refractivity contribution in [3.63, 3.8) is 0 Å². The zero-order valence-corrected chi connectivity index (χ0v) is 12.4. The summed E-state index contributed by atoms with van der Waals surface area (Å²) in [4.78, 5) is 30.0. The Labute approximate surface area is 132 Å². The Morgan fingerprint density at radius 2 is 2.26 bits per heavy atom. The highest BCUT2D eigenvalue weighted by Gasteiger charge is 2.29. The molecule has 3 rings (SSSR count). The molecule has 1 aromatic carbocycles. The van der Waals surface area contributed by atoms with Crippen molar-refractivity contribution in [2.75, 3.05) is 10.2 Å². The largest absolute Gasteiger partial charge is 0.324 e. The molecule has 8 nitrogen and oxygen atoms in total. The van der Waals surface area contributed by atoms with Crippen LogP contribution >= 0.6 is 0 Å². The fourth-order valence-corrected chi connectivity index (χ4v) is 2.60. The van der Waals surface area contributed by atoms with Gasteiger partial charge in [0, 0.05) is 12.5 Å². The van der Waals surface area contributed by atoms with E-state index in [9.17, 15) is 9.59 Å². The van der Waals surface area contributed by atoms with Crippen molar-refractivity contribution in [3.05, 3.63) is 36.4 Å². The molecule has 1 atom stereocenters. The fourth-order valence-electron chi connectivity index (χ4n) is 2.60. The molecule has 0 aliphatic carbocycles. The number of rotatable bonds is 2. The molecular weight excluding hydrogens is 296 g/mol. The molecule has 0 bridgehead atoms. The normalized spacial score (nSPS) is 17.0. The van der Waals surface area contributed by atoms with Gasteiger partial charge in [-0.05, 0) is 19.1 Å². The summed E-state index contributed by atoms with van der Waals surface area (Å²) in [6, 6.07) is 8.69. The molecule has 8 heteroatoms. The lowest BCUT2D eigenvalue weighted by Crippen LogP contribution is -2.41. The number of anilines is 2. The summed E-state index contributed by atoms with van der Waals surface area (Å²) in [6.07, 6.45) is 1.55. The van der Waals surface area contributed by atoms with Crippen molar-refractivity contribution in [2.24, 2.45) is 0 Å². The van der Waals surface area contributed by atoms with Gasteiger partial charge in [0.25, 0.3) is 5.82 Å². The van der Waals surface area contributed by atoms with Gasteiger partial charge in [0.15, 0.2) is 0 Å². The van der Waals surface area contributed by atoms with Crippen LogP contribution in [-0.2, 0) is 16.1 Å². The van der Waals surface area contributed by atoms with Crippen molar-refractivity contribution in [3.8, 4) is 6.07 Å². The Morgan fingerprint density at radius 1 is 1.48 bits per heavy atom. The van der Waals surface area contributed by atoms with E-state index in [1.54, 1.807) is 23.1 Å². The highest BCUT2D eigenvalue weighted by atomic mass is 16.2. The molecule has 1 N–H and O–H groups in total. The van der Waals surface area contributed by atoms with Crippen LogP contribution in [0.25, 0.3) is 0 Å². The monoisotopic (exact) mass is 310 g/mol. The van der Waals surface area contributed by atoms with Gasteiger partial charge in [-0.25, -0.2) is 9.67 Å². The summed E-state index contributed by atoms with van der Waals surface area (Å²) < 4.78 is 1.32. The maximum Gasteiger partial charge on any atom is 0.252 e. The molecule has 2 heterocycles. The maximum atomic E-state index is 12.7. The van der Waals surface area contributed by atoms with Crippen LogP contribution in [0.1, 0.15) is 19.2 Å². The number of carbonyl (C=O) groups is 2. The van der Waals surface area contributed by atoms with E-state index in [1.165, 1.54) is 11.0 Å². The van der Waals surface area contributed by atoms with Gasteiger partial charge in [-0.1, -0.05) is 12.1 Å². The van der Waals surface area contributed by atoms with Gasteiger partial charge in [-0.15, -0.1) is 5.10 Å². The van der Waals surface area contributed by atoms with E-state index in [1.807, 2.05) is 19.1 Å². The number of fused-ring (bicyclic) bond motifs is 1. The molecule has 0 saturated carbocycles. The van der Waals surface area contributed by atoms with E-state index in [4.69, 9.17) is 5.26 Å². The molecule has 2 amide bonds. The second-order valence-electron chi connectivity index (χ2n) is 5.26. The molecule has 0 fully saturated rings. The van der Waals surface area contributed by atoms with E-state index >= 15 is 0 Å². The van der Waals surface area contributed by atoms with Crippen LogP contribution < -0.4 is 10.2 Å². The van der Waals surface area contributed by atoms with Crippen LogP contribution in [0.3, 0.4) is 0 Å². The maximum absolute atomic E-state index is 12.7. The third-order valence-corrected chi connectivity index (χ3v) is 3.56. The standard InChI is InChI=1S/C15H14N6O2/c1-10-6-14(22)18-11-4-2-3-5-12(11)21(10)15(23)8-20-9-17-13(7-16)19-20/h2-5,9-10H,6,8H2,1H3,(H,18,22)/t10-/m0/s1. The number of aromatic nitrogens is 3. The molecule has 1 aliphatic heterocycles. The molecular formula is C15H14N6O2. The van der Waals surface area contributed by atoms with Crippen LogP contribution in [-0.4, -0.2) is 32.6 Å².